The van der Waals surface area contributed by atoms with E-state index >= 15 is 0 Å². The van der Waals surface area contributed by atoms with E-state index in [9.17, 15) is 5.11 Å². The number of phenols is 1. The number of fused-ring (bicyclic) bond motifs is 3. The van der Waals surface area contributed by atoms with Crippen LogP contribution in [0, 0.1) is 23.8 Å². The zero-order chi connectivity index (χ0) is 23.3. The summed E-state index contributed by atoms with van der Waals surface area (Å²) in [6.45, 7) is 1.79. The van der Waals surface area contributed by atoms with Gasteiger partial charge >= 0.3 is 0 Å². The van der Waals surface area contributed by atoms with Gasteiger partial charge in [0.2, 0.25) is 0 Å². The number of thioether (sulfide) groups is 1. The summed E-state index contributed by atoms with van der Waals surface area (Å²) < 4.78 is 0. The third-order valence-electron chi connectivity index (χ3n) is 5.51. The number of phenolic OH excluding ortho intramolecular Hbond substituents is 1. The summed E-state index contributed by atoms with van der Waals surface area (Å²) in [7, 11) is 0. The van der Waals surface area contributed by atoms with Crippen LogP contribution in [0.5, 0.6) is 5.75 Å². The van der Waals surface area contributed by atoms with Crippen molar-refractivity contribution in [2.24, 2.45) is 0 Å². The van der Waals surface area contributed by atoms with Crippen LogP contribution >= 0.6 is 11.8 Å². The summed E-state index contributed by atoms with van der Waals surface area (Å²) in [4.78, 5) is 3.21. The minimum Gasteiger partial charge on any atom is -0.507 e. The highest BCUT2D eigenvalue weighted by Crippen LogP contribution is 2.49. The summed E-state index contributed by atoms with van der Waals surface area (Å²) in [5.41, 5.74) is 3.88. The molecule has 0 saturated heterocycles. The van der Waals surface area contributed by atoms with Crippen molar-refractivity contribution in [2.45, 2.75) is 11.8 Å². The second kappa shape index (κ2) is 10.7. The molecule has 5 rings (SSSR count). The van der Waals surface area contributed by atoms with Gasteiger partial charge in [0, 0.05) is 22.4 Å². The summed E-state index contributed by atoms with van der Waals surface area (Å²) in [6, 6.07) is 31.4. The van der Waals surface area contributed by atoms with Crippen LogP contribution in [0.3, 0.4) is 0 Å². The molecular formula is C31H23NO2S. The molecule has 35 heavy (non-hydrogen) atoms. The molecule has 4 heteroatoms. The highest BCUT2D eigenvalue weighted by Gasteiger charge is 2.25. The highest BCUT2D eigenvalue weighted by molar-refractivity contribution is 8.04. The van der Waals surface area contributed by atoms with E-state index in [4.69, 9.17) is 0 Å². The van der Waals surface area contributed by atoms with Crippen molar-refractivity contribution in [1.82, 2.24) is 0 Å². The molecule has 1 aliphatic rings. The predicted octanol–water partition coefficient (Wildman–Crippen LogP) is 6.84. The van der Waals surface area contributed by atoms with Crippen LogP contribution < -0.4 is 4.90 Å². The van der Waals surface area contributed by atoms with E-state index in [2.05, 4.69) is 66.3 Å². The molecule has 0 spiro atoms. The summed E-state index contributed by atoms with van der Waals surface area (Å²) in [6.07, 6.45) is 6.14. The smallest absolute Gasteiger partial charge is 0.123 e. The minimum absolute atomic E-state index is 0. The molecule has 1 aliphatic heterocycles. The third kappa shape index (κ3) is 4.95. The third-order valence-corrected chi connectivity index (χ3v) is 6.68. The van der Waals surface area contributed by atoms with Gasteiger partial charge in [-0.25, -0.2) is 0 Å². The Hall–Kier alpha value is -4.35. The first-order chi connectivity index (χ1) is 16.7. The lowest BCUT2D eigenvalue weighted by molar-refractivity contribution is 0.477. The van der Waals surface area contributed by atoms with Crippen LogP contribution in [0.4, 0.5) is 5.69 Å². The standard InChI is InChI=1S/C31H21NOS.H2O/c1-2-3-9-21-32-28-19-18-25-14-7-8-15-26(25)31(28)34-30(32)16-10-11-23-17-20-29(33)27(22-23)24-12-5-4-6-13-24;/h4-8,10-20,22,33H,1H3;1H2/b11-10+,30-16-;. The van der Waals surface area contributed by atoms with Crippen molar-refractivity contribution < 1.29 is 10.6 Å². The van der Waals surface area contributed by atoms with Gasteiger partial charge in [-0.2, -0.15) is 0 Å². The second-order valence-electron chi connectivity index (χ2n) is 7.69. The number of anilines is 1. The van der Waals surface area contributed by atoms with Crippen LogP contribution in [0.1, 0.15) is 12.5 Å². The Morgan fingerprint density at radius 3 is 2.51 bits per heavy atom. The van der Waals surface area contributed by atoms with Gasteiger partial charge in [0.15, 0.2) is 0 Å². The maximum Gasteiger partial charge on any atom is 0.123 e. The van der Waals surface area contributed by atoms with Crippen molar-refractivity contribution in [3.63, 3.8) is 0 Å². The fourth-order valence-corrected chi connectivity index (χ4v) is 5.05. The van der Waals surface area contributed by atoms with Crippen molar-refractivity contribution in [2.75, 3.05) is 4.90 Å². The fourth-order valence-electron chi connectivity index (χ4n) is 3.90. The Morgan fingerprint density at radius 1 is 0.886 bits per heavy atom. The zero-order valence-electron chi connectivity index (χ0n) is 19.1. The molecule has 4 aromatic carbocycles. The van der Waals surface area contributed by atoms with Gasteiger partial charge in [0.1, 0.15) is 5.75 Å². The van der Waals surface area contributed by atoms with Crippen LogP contribution in [0.15, 0.2) is 107 Å². The van der Waals surface area contributed by atoms with Crippen LogP contribution in [-0.2, 0) is 0 Å². The first-order valence-corrected chi connectivity index (χ1v) is 11.7. The molecule has 170 valence electrons. The normalized spacial score (nSPS) is 13.1. The maximum atomic E-state index is 10.3. The SMILES string of the molecule is CC#CC#CN1/C(=C/C=C/c2ccc(O)c(-c3ccccc3)c2)Sc2c1ccc1ccccc21.O. The van der Waals surface area contributed by atoms with E-state index < -0.39 is 0 Å². The van der Waals surface area contributed by atoms with E-state index in [0.717, 1.165) is 27.4 Å². The number of aromatic hydroxyl groups is 1. The van der Waals surface area contributed by atoms with Gasteiger partial charge in [-0.3, -0.25) is 4.90 Å². The lowest BCUT2D eigenvalue weighted by atomic mass is 10.0. The van der Waals surface area contributed by atoms with Gasteiger partial charge in [0.25, 0.3) is 0 Å². The molecule has 0 aromatic heterocycles. The number of hydrogen-bond acceptors (Lipinski definition) is 3. The molecule has 4 aromatic rings. The Bertz CT molecular complexity index is 1560. The molecule has 0 bridgehead atoms. The number of rotatable bonds is 3. The monoisotopic (exact) mass is 473 g/mol. The molecule has 0 amide bonds. The first kappa shape index (κ1) is 23.8. The lowest BCUT2D eigenvalue weighted by Crippen LogP contribution is -2.09. The molecule has 0 unspecified atom stereocenters. The number of hydrogen-bond donors (Lipinski definition) is 1. The molecule has 3 nitrogen and oxygen atoms in total. The topological polar surface area (TPSA) is 55.0 Å². The molecule has 0 radical (unpaired) electrons. The van der Waals surface area contributed by atoms with Crippen molar-refractivity contribution >= 4 is 34.3 Å². The lowest BCUT2D eigenvalue weighted by Gasteiger charge is -2.11. The van der Waals surface area contributed by atoms with E-state index in [1.54, 1.807) is 24.8 Å². The Balaban J connectivity index is 0.00000289. The van der Waals surface area contributed by atoms with Crippen LogP contribution in [0.25, 0.3) is 28.0 Å². The Kier molecular flexibility index (Phi) is 7.29. The summed E-state index contributed by atoms with van der Waals surface area (Å²) in [5, 5.41) is 13.8. The Morgan fingerprint density at radius 2 is 1.69 bits per heavy atom. The Labute approximate surface area is 209 Å². The van der Waals surface area contributed by atoms with Gasteiger partial charge in [-0.1, -0.05) is 96.6 Å². The largest absolute Gasteiger partial charge is 0.507 e. The number of allylic oxidation sites excluding steroid dienone is 2. The highest BCUT2D eigenvalue weighted by atomic mass is 32.2. The molecule has 3 N–H and O–H groups in total. The number of benzene rings is 4. The van der Waals surface area contributed by atoms with Gasteiger partial charge in [-0.15, -0.1) is 0 Å². The predicted molar refractivity (Wildman–Crippen MR) is 148 cm³/mol. The second-order valence-corrected chi connectivity index (χ2v) is 8.72. The van der Waals surface area contributed by atoms with Gasteiger partial charge in [0.05, 0.1) is 10.7 Å². The van der Waals surface area contributed by atoms with E-state index in [-0.39, 0.29) is 11.2 Å². The number of nitrogens with zero attached hydrogens (tertiary/aromatic N) is 1. The van der Waals surface area contributed by atoms with Crippen molar-refractivity contribution in [3.05, 3.63) is 108 Å². The maximum absolute atomic E-state index is 10.3. The summed E-state index contributed by atoms with van der Waals surface area (Å²) in [5.74, 6) is 8.90. The van der Waals surface area contributed by atoms with Gasteiger partial charge < -0.3 is 10.6 Å². The van der Waals surface area contributed by atoms with Crippen molar-refractivity contribution in [1.29, 1.82) is 0 Å². The van der Waals surface area contributed by atoms with E-state index in [1.807, 2.05) is 59.5 Å². The van der Waals surface area contributed by atoms with Gasteiger partial charge in [-0.05, 0) is 59.0 Å². The van der Waals surface area contributed by atoms with Crippen LogP contribution in [-0.4, -0.2) is 10.6 Å². The minimum atomic E-state index is 0. The summed E-state index contributed by atoms with van der Waals surface area (Å²) >= 11 is 1.71. The molecular weight excluding hydrogens is 450 g/mol. The fraction of sp³-hybridized carbons (Fsp3) is 0.0323. The molecule has 0 fully saturated rings. The quantitative estimate of drug-likeness (QED) is 0.332. The molecule has 0 aliphatic carbocycles. The first-order valence-electron chi connectivity index (χ1n) is 10.9. The van der Waals surface area contributed by atoms with E-state index in [1.165, 1.54) is 15.7 Å². The zero-order valence-corrected chi connectivity index (χ0v) is 19.9. The van der Waals surface area contributed by atoms with Crippen molar-refractivity contribution in [3.8, 4) is 40.7 Å². The van der Waals surface area contributed by atoms with E-state index in [0.29, 0.717) is 0 Å². The molecule has 0 atom stereocenters. The molecule has 1 heterocycles. The average Bonchev–Trinajstić information content (AvgIpc) is 3.23. The average molecular weight is 474 g/mol. The molecule has 0 saturated carbocycles. The van der Waals surface area contributed by atoms with Crippen LogP contribution in [0.2, 0.25) is 0 Å².